The molecule has 3 aromatic carbocycles. The van der Waals surface area contributed by atoms with Gasteiger partial charge in [0.25, 0.3) is 0 Å². The minimum Gasteiger partial charge on any atom is -0.493 e. The monoisotopic (exact) mass is 490 g/mol. The van der Waals surface area contributed by atoms with E-state index in [1.54, 1.807) is 38.3 Å². The summed E-state index contributed by atoms with van der Waals surface area (Å²) in [4.78, 5) is 14.1. The van der Waals surface area contributed by atoms with Crippen LogP contribution in [-0.4, -0.2) is 44.0 Å². The number of anilines is 2. The fourth-order valence-corrected chi connectivity index (χ4v) is 4.82. The number of ketones is 1. The van der Waals surface area contributed by atoms with Crippen LogP contribution in [0.1, 0.15) is 42.1 Å². The number of carbonyl (C=O) groups excluding carboxylic acids is 1. The number of piperidine rings is 1. The molecule has 1 saturated heterocycles. The maximum Gasteiger partial charge on any atom is 0.161 e. The number of halogens is 1. The van der Waals surface area contributed by atoms with Gasteiger partial charge in [0.05, 0.1) is 13.7 Å². The lowest BCUT2D eigenvalue weighted by Crippen LogP contribution is -2.37. The molecule has 4 rings (SSSR count). The number of benzene rings is 3. The van der Waals surface area contributed by atoms with Crippen LogP contribution in [0, 0.1) is 11.7 Å². The van der Waals surface area contributed by atoms with Crippen molar-refractivity contribution in [1.29, 1.82) is 0 Å². The third kappa shape index (κ3) is 7.08. The summed E-state index contributed by atoms with van der Waals surface area (Å²) in [5.74, 6) is 1.63. The number of ether oxygens (including phenoxy) is 2. The first kappa shape index (κ1) is 25.7. The summed E-state index contributed by atoms with van der Waals surface area (Å²) in [7, 11) is 1.59. The van der Waals surface area contributed by atoms with Gasteiger partial charge in [-0.1, -0.05) is 18.2 Å². The molecule has 1 unspecified atom stereocenters. The van der Waals surface area contributed by atoms with Gasteiger partial charge in [-0.2, -0.15) is 0 Å². The summed E-state index contributed by atoms with van der Waals surface area (Å²) in [6.45, 7) is 5.31. The highest BCUT2D eigenvalue weighted by Crippen LogP contribution is 2.29. The van der Waals surface area contributed by atoms with Gasteiger partial charge in [0.15, 0.2) is 17.3 Å². The van der Waals surface area contributed by atoms with Crippen LogP contribution < -0.4 is 14.8 Å². The summed E-state index contributed by atoms with van der Waals surface area (Å²) in [6, 6.07) is 20.2. The van der Waals surface area contributed by atoms with E-state index in [0.29, 0.717) is 29.6 Å². The molecule has 5 nitrogen and oxygen atoms in total. The van der Waals surface area contributed by atoms with E-state index in [0.717, 1.165) is 43.9 Å². The second-order valence-electron chi connectivity index (χ2n) is 9.43. The largest absolute Gasteiger partial charge is 0.493 e. The topological polar surface area (TPSA) is 50.8 Å². The molecule has 1 fully saturated rings. The lowest BCUT2D eigenvalue weighted by atomic mass is 9.90. The number of hydrogen-bond donors (Lipinski definition) is 1. The smallest absolute Gasteiger partial charge is 0.161 e. The third-order valence-electron chi connectivity index (χ3n) is 6.70. The summed E-state index contributed by atoms with van der Waals surface area (Å²) < 4.78 is 24.6. The first-order chi connectivity index (χ1) is 17.5. The van der Waals surface area contributed by atoms with Gasteiger partial charge in [0, 0.05) is 30.0 Å². The number of para-hydroxylation sites is 1. The predicted octanol–water partition coefficient (Wildman–Crippen LogP) is 6.50. The molecule has 1 aliphatic rings. The Hall–Kier alpha value is -3.38. The summed E-state index contributed by atoms with van der Waals surface area (Å²) in [6.07, 6.45) is 4.35. The molecule has 0 saturated carbocycles. The molecule has 36 heavy (non-hydrogen) atoms. The Bertz CT molecular complexity index is 1150. The maximum absolute atomic E-state index is 13.3. The van der Waals surface area contributed by atoms with Crippen LogP contribution in [0.15, 0.2) is 66.7 Å². The van der Waals surface area contributed by atoms with Crippen LogP contribution >= 0.6 is 0 Å². The molecule has 3 aromatic rings. The number of likely N-dealkylation sites (tertiary alicyclic amines) is 1. The van der Waals surface area contributed by atoms with Crippen LogP contribution in [0.5, 0.6) is 11.5 Å². The fraction of sp³-hybridized carbons (Fsp3) is 0.367. The second kappa shape index (κ2) is 12.5. The zero-order valence-corrected chi connectivity index (χ0v) is 21.1. The van der Waals surface area contributed by atoms with Gasteiger partial charge >= 0.3 is 0 Å². The molecule has 0 aliphatic carbocycles. The molecule has 0 bridgehead atoms. The van der Waals surface area contributed by atoms with Gasteiger partial charge in [-0.05, 0) is 99.2 Å². The molecule has 0 spiro atoms. The van der Waals surface area contributed by atoms with Gasteiger partial charge in [-0.15, -0.1) is 0 Å². The molecule has 1 heterocycles. The average molecular weight is 491 g/mol. The summed E-state index contributed by atoms with van der Waals surface area (Å²) >= 11 is 0. The molecule has 1 atom stereocenters. The first-order valence-corrected chi connectivity index (χ1v) is 12.7. The Kier molecular flexibility index (Phi) is 8.95. The van der Waals surface area contributed by atoms with E-state index in [2.05, 4.69) is 28.4 Å². The van der Waals surface area contributed by atoms with E-state index in [1.807, 2.05) is 12.1 Å². The number of hydrogen-bond acceptors (Lipinski definition) is 5. The number of carbonyl (C=O) groups is 1. The van der Waals surface area contributed by atoms with Crippen molar-refractivity contribution >= 4 is 17.2 Å². The first-order valence-electron chi connectivity index (χ1n) is 12.7. The summed E-state index contributed by atoms with van der Waals surface area (Å²) in [5.41, 5.74) is 3.88. The summed E-state index contributed by atoms with van der Waals surface area (Å²) in [5, 5.41) is 3.45. The van der Waals surface area contributed by atoms with Crippen molar-refractivity contribution in [3.63, 3.8) is 0 Å². The molecular formula is C30H35FN2O3. The molecule has 0 aromatic heterocycles. The van der Waals surface area contributed by atoms with E-state index in [-0.39, 0.29) is 11.6 Å². The van der Waals surface area contributed by atoms with Crippen molar-refractivity contribution in [2.75, 3.05) is 38.7 Å². The van der Waals surface area contributed by atoms with Crippen LogP contribution in [0.2, 0.25) is 0 Å². The van der Waals surface area contributed by atoms with Crippen molar-refractivity contribution in [3.05, 3.63) is 83.7 Å². The quantitative estimate of drug-likeness (QED) is 0.245. The minimum absolute atomic E-state index is 0.00774. The lowest BCUT2D eigenvalue weighted by molar-refractivity contribution is 0.101. The molecule has 6 heteroatoms. The van der Waals surface area contributed by atoms with E-state index >= 15 is 0 Å². The molecule has 1 N–H and O–H groups in total. The van der Waals surface area contributed by atoms with Crippen LogP contribution in [-0.2, 0) is 6.42 Å². The van der Waals surface area contributed by atoms with E-state index in [4.69, 9.17) is 9.47 Å². The highest BCUT2D eigenvalue weighted by Gasteiger charge is 2.21. The Morgan fingerprint density at radius 2 is 1.89 bits per heavy atom. The predicted molar refractivity (Wildman–Crippen MR) is 142 cm³/mol. The number of nitrogens with zero attached hydrogens (tertiary/aromatic N) is 1. The number of nitrogens with one attached hydrogen (secondary N) is 1. The Balaban J connectivity index is 1.27. The molecule has 0 radical (unpaired) electrons. The van der Waals surface area contributed by atoms with Crippen LogP contribution in [0.4, 0.5) is 15.8 Å². The normalized spacial score (nSPS) is 15.9. The molecule has 0 amide bonds. The molecule has 1 aliphatic heterocycles. The molecular weight excluding hydrogens is 455 g/mol. The SMILES string of the molecule is COc1cc(C(C)=O)ccc1OCCCN1CCCC(Cc2ccccc2Nc2ccc(F)cc2)C1. The van der Waals surface area contributed by atoms with Crippen molar-refractivity contribution in [2.24, 2.45) is 5.92 Å². The van der Waals surface area contributed by atoms with Gasteiger partial charge in [0.2, 0.25) is 0 Å². The van der Waals surface area contributed by atoms with Crippen molar-refractivity contribution < 1.29 is 18.7 Å². The Labute approximate surface area is 213 Å². The van der Waals surface area contributed by atoms with Gasteiger partial charge < -0.3 is 19.7 Å². The van der Waals surface area contributed by atoms with Crippen molar-refractivity contribution in [3.8, 4) is 11.5 Å². The van der Waals surface area contributed by atoms with E-state index in [1.165, 1.54) is 30.5 Å². The maximum atomic E-state index is 13.3. The van der Waals surface area contributed by atoms with E-state index < -0.39 is 0 Å². The Morgan fingerprint density at radius 1 is 1.08 bits per heavy atom. The average Bonchev–Trinajstić information content (AvgIpc) is 2.89. The number of methoxy groups -OCH3 is 1. The number of Topliss-reactive ketones (excluding diaryl/α,β-unsaturated/α-hetero) is 1. The third-order valence-corrected chi connectivity index (χ3v) is 6.70. The van der Waals surface area contributed by atoms with Crippen molar-refractivity contribution in [2.45, 2.75) is 32.6 Å². The zero-order valence-electron chi connectivity index (χ0n) is 21.1. The van der Waals surface area contributed by atoms with Crippen LogP contribution in [0.25, 0.3) is 0 Å². The van der Waals surface area contributed by atoms with E-state index in [9.17, 15) is 9.18 Å². The highest BCUT2D eigenvalue weighted by molar-refractivity contribution is 5.94. The lowest BCUT2D eigenvalue weighted by Gasteiger charge is -2.33. The van der Waals surface area contributed by atoms with Crippen LogP contribution in [0.3, 0.4) is 0 Å². The molecule has 190 valence electrons. The fourth-order valence-electron chi connectivity index (χ4n) is 4.82. The zero-order chi connectivity index (χ0) is 25.3. The minimum atomic E-state index is -0.230. The van der Waals surface area contributed by atoms with Gasteiger partial charge in [-0.25, -0.2) is 4.39 Å². The standard InChI is InChI=1S/C30H35FN2O3/c1-22(34)24-10-15-29(30(20-24)35-2)36-18-6-17-33-16-5-7-23(21-33)19-25-8-3-4-9-28(25)32-27-13-11-26(31)12-14-27/h3-4,8-15,20,23,32H,5-7,16-19,21H2,1-2H3. The van der Waals surface area contributed by atoms with Crippen molar-refractivity contribution in [1.82, 2.24) is 4.90 Å². The Morgan fingerprint density at radius 3 is 2.67 bits per heavy atom. The van der Waals surface area contributed by atoms with Gasteiger partial charge in [0.1, 0.15) is 5.82 Å². The van der Waals surface area contributed by atoms with Gasteiger partial charge in [-0.3, -0.25) is 4.79 Å². The second-order valence-corrected chi connectivity index (χ2v) is 9.43. The highest BCUT2D eigenvalue weighted by atomic mass is 19.1. The number of rotatable bonds is 11.